The van der Waals surface area contributed by atoms with Crippen molar-refractivity contribution in [3.63, 3.8) is 0 Å². The quantitative estimate of drug-likeness (QED) is 0.802. The predicted molar refractivity (Wildman–Crippen MR) is 75.7 cm³/mol. The Morgan fingerprint density at radius 1 is 1.21 bits per heavy atom. The van der Waals surface area contributed by atoms with Crippen molar-refractivity contribution in [1.29, 1.82) is 0 Å². The van der Waals surface area contributed by atoms with Crippen molar-refractivity contribution in [2.75, 3.05) is 36.0 Å². The van der Waals surface area contributed by atoms with Crippen LogP contribution in [0.25, 0.3) is 0 Å². The van der Waals surface area contributed by atoms with Gasteiger partial charge in [0.25, 0.3) is 5.56 Å². The van der Waals surface area contributed by atoms with E-state index >= 15 is 0 Å². The number of aromatic amines is 1. The van der Waals surface area contributed by atoms with Gasteiger partial charge < -0.3 is 15.5 Å². The highest BCUT2D eigenvalue weighted by molar-refractivity contribution is 5.46. The van der Waals surface area contributed by atoms with E-state index in [1.807, 2.05) is 0 Å². The van der Waals surface area contributed by atoms with Crippen molar-refractivity contribution in [3.8, 4) is 0 Å². The van der Waals surface area contributed by atoms with E-state index in [1.165, 1.54) is 0 Å². The molecule has 104 valence electrons. The van der Waals surface area contributed by atoms with Crippen molar-refractivity contribution >= 4 is 11.6 Å². The minimum Gasteiger partial charge on any atom is -0.366 e. The molecule has 0 saturated carbocycles. The third-order valence-electron chi connectivity index (χ3n) is 3.97. The maximum atomic E-state index is 12.2. The number of H-pyrrole nitrogens is 1. The van der Waals surface area contributed by atoms with Gasteiger partial charge in [-0.1, -0.05) is 0 Å². The number of anilines is 2. The standard InChI is InChI=1S/C13H21N5O/c14-10-4-3-7-18(9-10)13-15-8-11(12(19)16-13)17-5-1-2-6-17/h8,10H,1-7,9,14H2,(H,15,16,19). The third kappa shape index (κ3) is 2.58. The first-order valence-corrected chi connectivity index (χ1v) is 7.09. The van der Waals surface area contributed by atoms with Crippen LogP contribution in [0.4, 0.5) is 11.6 Å². The molecule has 3 heterocycles. The summed E-state index contributed by atoms with van der Waals surface area (Å²) in [6, 6.07) is 0.178. The number of rotatable bonds is 2. The predicted octanol–water partition coefficient (Wildman–Crippen LogP) is 0.298. The molecule has 0 bridgehead atoms. The van der Waals surface area contributed by atoms with E-state index in [1.54, 1.807) is 6.20 Å². The lowest BCUT2D eigenvalue weighted by Crippen LogP contribution is -2.44. The first-order chi connectivity index (χ1) is 9.24. The second-order valence-corrected chi connectivity index (χ2v) is 5.46. The van der Waals surface area contributed by atoms with E-state index in [9.17, 15) is 4.79 Å². The smallest absolute Gasteiger partial charge is 0.275 e. The molecule has 19 heavy (non-hydrogen) atoms. The van der Waals surface area contributed by atoms with Crippen LogP contribution in [0.3, 0.4) is 0 Å². The van der Waals surface area contributed by atoms with Crippen LogP contribution in [-0.2, 0) is 0 Å². The van der Waals surface area contributed by atoms with Gasteiger partial charge in [-0.3, -0.25) is 9.78 Å². The molecule has 0 aromatic carbocycles. The van der Waals surface area contributed by atoms with Crippen LogP contribution in [-0.4, -0.2) is 42.2 Å². The highest BCUT2D eigenvalue weighted by Crippen LogP contribution is 2.18. The Kier molecular flexibility index (Phi) is 3.42. The van der Waals surface area contributed by atoms with Gasteiger partial charge in [0.2, 0.25) is 5.95 Å². The zero-order valence-corrected chi connectivity index (χ0v) is 11.1. The van der Waals surface area contributed by atoms with E-state index in [0.717, 1.165) is 51.9 Å². The van der Waals surface area contributed by atoms with Crippen molar-refractivity contribution in [3.05, 3.63) is 16.6 Å². The maximum absolute atomic E-state index is 12.2. The van der Waals surface area contributed by atoms with Crippen LogP contribution in [0.2, 0.25) is 0 Å². The molecule has 2 saturated heterocycles. The Bertz CT molecular complexity index is 494. The topological polar surface area (TPSA) is 78.2 Å². The van der Waals surface area contributed by atoms with Crippen LogP contribution in [0.5, 0.6) is 0 Å². The van der Waals surface area contributed by atoms with Crippen molar-refractivity contribution in [2.24, 2.45) is 5.73 Å². The SMILES string of the molecule is NC1CCCN(c2ncc(N3CCCC3)c(=O)[nH]2)C1. The molecule has 2 aliphatic heterocycles. The lowest BCUT2D eigenvalue weighted by Gasteiger charge is -2.31. The molecule has 6 nitrogen and oxygen atoms in total. The third-order valence-corrected chi connectivity index (χ3v) is 3.97. The summed E-state index contributed by atoms with van der Waals surface area (Å²) in [5, 5.41) is 0. The van der Waals surface area contributed by atoms with Crippen molar-refractivity contribution < 1.29 is 0 Å². The van der Waals surface area contributed by atoms with Gasteiger partial charge in [0.1, 0.15) is 5.69 Å². The van der Waals surface area contributed by atoms with Gasteiger partial charge in [-0.25, -0.2) is 4.98 Å². The fraction of sp³-hybridized carbons (Fsp3) is 0.692. The molecule has 0 aliphatic carbocycles. The average Bonchev–Trinajstić information content (AvgIpc) is 2.92. The molecule has 1 aromatic rings. The monoisotopic (exact) mass is 263 g/mol. The zero-order valence-electron chi connectivity index (χ0n) is 11.1. The van der Waals surface area contributed by atoms with Gasteiger partial charge in [-0.05, 0) is 25.7 Å². The first-order valence-electron chi connectivity index (χ1n) is 7.09. The summed E-state index contributed by atoms with van der Waals surface area (Å²) in [6.45, 7) is 3.60. The molecule has 0 radical (unpaired) electrons. The van der Waals surface area contributed by atoms with Gasteiger partial charge in [-0.2, -0.15) is 0 Å². The van der Waals surface area contributed by atoms with Gasteiger partial charge >= 0.3 is 0 Å². The van der Waals surface area contributed by atoms with Gasteiger partial charge in [0.05, 0.1) is 6.20 Å². The summed E-state index contributed by atoms with van der Waals surface area (Å²) in [7, 11) is 0. The Balaban J connectivity index is 1.80. The number of hydrogen-bond donors (Lipinski definition) is 2. The Morgan fingerprint density at radius 3 is 2.63 bits per heavy atom. The first kappa shape index (κ1) is 12.5. The molecular formula is C13H21N5O. The lowest BCUT2D eigenvalue weighted by atomic mass is 10.1. The second kappa shape index (κ2) is 5.21. The van der Waals surface area contributed by atoms with Crippen LogP contribution in [0.15, 0.2) is 11.0 Å². The fourth-order valence-electron chi connectivity index (χ4n) is 2.93. The van der Waals surface area contributed by atoms with Crippen LogP contribution in [0.1, 0.15) is 25.7 Å². The number of nitrogens with zero attached hydrogens (tertiary/aromatic N) is 3. The lowest BCUT2D eigenvalue weighted by molar-refractivity contribution is 0.499. The highest BCUT2D eigenvalue weighted by atomic mass is 16.1. The molecule has 3 N–H and O–H groups in total. The summed E-state index contributed by atoms with van der Waals surface area (Å²) < 4.78 is 0. The summed E-state index contributed by atoms with van der Waals surface area (Å²) in [5.74, 6) is 0.656. The second-order valence-electron chi connectivity index (χ2n) is 5.46. The molecular weight excluding hydrogens is 242 g/mol. The minimum absolute atomic E-state index is 0.0361. The molecule has 0 amide bonds. The van der Waals surface area contributed by atoms with E-state index in [4.69, 9.17) is 5.73 Å². The van der Waals surface area contributed by atoms with Crippen molar-refractivity contribution in [2.45, 2.75) is 31.7 Å². The van der Waals surface area contributed by atoms with Gasteiger partial charge in [0.15, 0.2) is 0 Å². The summed E-state index contributed by atoms with van der Waals surface area (Å²) in [5.41, 5.74) is 6.62. The number of piperidine rings is 1. The zero-order chi connectivity index (χ0) is 13.2. The van der Waals surface area contributed by atoms with E-state index < -0.39 is 0 Å². The summed E-state index contributed by atoms with van der Waals surface area (Å²) in [6.07, 6.45) is 6.12. The molecule has 1 atom stereocenters. The van der Waals surface area contributed by atoms with Crippen LogP contribution in [0, 0.1) is 0 Å². The van der Waals surface area contributed by atoms with Gasteiger partial charge in [0, 0.05) is 32.2 Å². The van der Waals surface area contributed by atoms with E-state index in [2.05, 4.69) is 19.8 Å². The molecule has 1 unspecified atom stereocenters. The Morgan fingerprint density at radius 2 is 1.95 bits per heavy atom. The average molecular weight is 263 g/mol. The Labute approximate surface area is 112 Å². The minimum atomic E-state index is -0.0361. The molecule has 3 rings (SSSR count). The summed E-state index contributed by atoms with van der Waals surface area (Å²) in [4.78, 5) is 23.7. The maximum Gasteiger partial charge on any atom is 0.275 e. The fourth-order valence-corrected chi connectivity index (χ4v) is 2.93. The van der Waals surface area contributed by atoms with E-state index in [-0.39, 0.29) is 11.6 Å². The molecule has 1 aromatic heterocycles. The van der Waals surface area contributed by atoms with Gasteiger partial charge in [-0.15, -0.1) is 0 Å². The molecule has 6 heteroatoms. The van der Waals surface area contributed by atoms with E-state index in [0.29, 0.717) is 11.6 Å². The van der Waals surface area contributed by atoms with Crippen LogP contribution >= 0.6 is 0 Å². The van der Waals surface area contributed by atoms with Crippen molar-refractivity contribution in [1.82, 2.24) is 9.97 Å². The normalized spacial score (nSPS) is 23.9. The number of nitrogens with one attached hydrogen (secondary N) is 1. The summed E-state index contributed by atoms with van der Waals surface area (Å²) >= 11 is 0. The number of hydrogen-bond acceptors (Lipinski definition) is 5. The number of nitrogens with two attached hydrogens (primary N) is 1. The van der Waals surface area contributed by atoms with Crippen LogP contribution < -0.4 is 21.1 Å². The highest BCUT2D eigenvalue weighted by Gasteiger charge is 2.20. The number of aromatic nitrogens is 2. The molecule has 0 spiro atoms. The Hall–Kier alpha value is -1.56. The molecule has 2 fully saturated rings. The molecule has 2 aliphatic rings. The largest absolute Gasteiger partial charge is 0.366 e.